The summed E-state index contributed by atoms with van der Waals surface area (Å²) in [5.41, 5.74) is 2.60. The van der Waals surface area contributed by atoms with Crippen molar-refractivity contribution in [1.82, 2.24) is 0 Å². The fourth-order valence-electron chi connectivity index (χ4n) is 3.55. The van der Waals surface area contributed by atoms with Crippen LogP contribution in [-0.2, 0) is 9.47 Å². The normalized spacial score (nSPS) is 13.6. The van der Waals surface area contributed by atoms with Crippen LogP contribution in [0.2, 0.25) is 0 Å². The molecule has 6 nitrogen and oxygen atoms in total. The van der Waals surface area contributed by atoms with E-state index >= 15 is 0 Å². The van der Waals surface area contributed by atoms with Gasteiger partial charge >= 0.3 is 5.97 Å². The second-order valence-corrected chi connectivity index (χ2v) is 8.36. The van der Waals surface area contributed by atoms with E-state index in [-0.39, 0.29) is 25.0 Å². The Morgan fingerprint density at radius 3 is 2.47 bits per heavy atom. The van der Waals surface area contributed by atoms with E-state index in [1.165, 1.54) is 18.3 Å². The SMILES string of the molecule is CC(=O)c1ccccc1OCCOC(=O)c1cc(-c2ccccc2)c(N2CCOCC2)s1. The summed E-state index contributed by atoms with van der Waals surface area (Å²) >= 11 is 1.44. The number of ether oxygens (including phenoxy) is 3. The maximum absolute atomic E-state index is 12.7. The first-order chi connectivity index (χ1) is 15.6. The fourth-order valence-corrected chi connectivity index (χ4v) is 4.67. The maximum atomic E-state index is 12.7. The van der Waals surface area contributed by atoms with Crippen molar-refractivity contribution >= 4 is 28.1 Å². The lowest BCUT2D eigenvalue weighted by molar-refractivity contribution is 0.0455. The van der Waals surface area contributed by atoms with Gasteiger partial charge in [0.05, 0.1) is 23.8 Å². The van der Waals surface area contributed by atoms with Gasteiger partial charge in [-0.15, -0.1) is 11.3 Å². The highest BCUT2D eigenvalue weighted by atomic mass is 32.1. The smallest absolute Gasteiger partial charge is 0.348 e. The molecule has 0 aliphatic carbocycles. The van der Waals surface area contributed by atoms with E-state index in [9.17, 15) is 9.59 Å². The van der Waals surface area contributed by atoms with E-state index in [1.54, 1.807) is 24.3 Å². The monoisotopic (exact) mass is 451 g/mol. The summed E-state index contributed by atoms with van der Waals surface area (Å²) in [4.78, 5) is 27.3. The predicted molar refractivity (Wildman–Crippen MR) is 125 cm³/mol. The Kier molecular flexibility index (Phi) is 7.19. The largest absolute Gasteiger partial charge is 0.489 e. The van der Waals surface area contributed by atoms with Gasteiger partial charge in [0.2, 0.25) is 0 Å². The number of thiophene rings is 1. The summed E-state index contributed by atoms with van der Waals surface area (Å²) in [7, 11) is 0. The van der Waals surface area contributed by atoms with Gasteiger partial charge in [-0.25, -0.2) is 4.79 Å². The van der Waals surface area contributed by atoms with E-state index in [0.717, 1.165) is 29.2 Å². The Hall–Kier alpha value is -3.16. The molecule has 32 heavy (non-hydrogen) atoms. The molecule has 0 unspecified atom stereocenters. The lowest BCUT2D eigenvalue weighted by Crippen LogP contribution is -2.35. The number of nitrogens with zero attached hydrogens (tertiary/aromatic N) is 1. The number of hydrogen-bond donors (Lipinski definition) is 0. The molecular formula is C25H25NO5S. The topological polar surface area (TPSA) is 65.1 Å². The number of hydrogen-bond acceptors (Lipinski definition) is 7. The highest BCUT2D eigenvalue weighted by Crippen LogP contribution is 2.39. The standard InChI is InChI=1S/C25H25NO5S/c1-18(27)20-9-5-6-10-22(20)30-15-16-31-25(28)23-17-21(19-7-3-2-4-8-19)24(32-23)26-11-13-29-14-12-26/h2-10,17H,11-16H2,1H3. The predicted octanol–water partition coefficient (Wildman–Crippen LogP) is 4.69. The molecule has 1 aliphatic rings. The summed E-state index contributed by atoms with van der Waals surface area (Å²) in [6, 6.07) is 19.0. The van der Waals surface area contributed by atoms with E-state index in [2.05, 4.69) is 4.90 Å². The van der Waals surface area contributed by atoms with Crippen LogP contribution in [0.25, 0.3) is 11.1 Å². The number of benzene rings is 2. The molecule has 1 aromatic heterocycles. The molecule has 0 atom stereocenters. The zero-order chi connectivity index (χ0) is 22.3. The van der Waals surface area contributed by atoms with Crippen molar-refractivity contribution in [3.05, 3.63) is 71.1 Å². The molecule has 0 amide bonds. The Labute approximate surface area is 191 Å². The first-order valence-corrected chi connectivity index (χ1v) is 11.4. The van der Waals surface area contributed by atoms with Gasteiger partial charge in [0.15, 0.2) is 5.78 Å². The van der Waals surface area contributed by atoms with Gasteiger partial charge in [-0.1, -0.05) is 42.5 Å². The average molecular weight is 452 g/mol. The van der Waals surface area contributed by atoms with Crippen LogP contribution in [0, 0.1) is 0 Å². The Morgan fingerprint density at radius 1 is 1.00 bits per heavy atom. The minimum atomic E-state index is -0.379. The highest BCUT2D eigenvalue weighted by molar-refractivity contribution is 7.18. The van der Waals surface area contributed by atoms with Gasteiger partial charge < -0.3 is 19.1 Å². The summed E-state index contributed by atoms with van der Waals surface area (Å²) in [6.07, 6.45) is 0. The van der Waals surface area contributed by atoms with Crippen molar-refractivity contribution in [3.8, 4) is 16.9 Å². The van der Waals surface area contributed by atoms with Gasteiger partial charge in [-0.2, -0.15) is 0 Å². The zero-order valence-electron chi connectivity index (χ0n) is 17.9. The lowest BCUT2D eigenvalue weighted by Gasteiger charge is -2.28. The number of morpholine rings is 1. The van der Waals surface area contributed by atoms with Crippen molar-refractivity contribution < 1.29 is 23.8 Å². The third-order valence-electron chi connectivity index (χ3n) is 5.14. The van der Waals surface area contributed by atoms with Crippen molar-refractivity contribution in [2.24, 2.45) is 0 Å². The van der Waals surface area contributed by atoms with Crippen molar-refractivity contribution in [2.75, 3.05) is 44.4 Å². The molecule has 0 spiro atoms. The van der Waals surface area contributed by atoms with Crippen LogP contribution < -0.4 is 9.64 Å². The minimum Gasteiger partial charge on any atom is -0.489 e. The molecule has 7 heteroatoms. The zero-order valence-corrected chi connectivity index (χ0v) is 18.7. The summed E-state index contributed by atoms with van der Waals surface area (Å²) < 4.78 is 16.6. The van der Waals surface area contributed by atoms with Crippen LogP contribution in [-0.4, -0.2) is 51.3 Å². The summed E-state index contributed by atoms with van der Waals surface area (Å²) in [6.45, 7) is 4.68. The number of Topliss-reactive ketones (excluding diaryl/α,β-unsaturated/α-hetero) is 1. The molecule has 1 saturated heterocycles. The molecule has 1 fully saturated rings. The van der Waals surface area contributed by atoms with Crippen LogP contribution in [0.5, 0.6) is 5.75 Å². The third-order valence-corrected chi connectivity index (χ3v) is 6.31. The number of carbonyl (C=O) groups excluding carboxylic acids is 2. The molecule has 2 heterocycles. The van der Waals surface area contributed by atoms with Gasteiger partial charge in [-0.05, 0) is 30.7 Å². The van der Waals surface area contributed by atoms with Crippen LogP contribution >= 0.6 is 11.3 Å². The van der Waals surface area contributed by atoms with Crippen molar-refractivity contribution in [1.29, 1.82) is 0 Å². The molecule has 0 saturated carbocycles. The van der Waals surface area contributed by atoms with Gasteiger partial charge in [0.1, 0.15) is 23.8 Å². The number of ketones is 1. The first-order valence-electron chi connectivity index (χ1n) is 10.6. The molecule has 0 bridgehead atoms. The molecular weight excluding hydrogens is 426 g/mol. The molecule has 3 aromatic rings. The van der Waals surface area contributed by atoms with Crippen molar-refractivity contribution in [3.63, 3.8) is 0 Å². The quantitative estimate of drug-likeness (QED) is 0.281. The fraction of sp³-hybridized carbons (Fsp3) is 0.280. The van der Waals surface area contributed by atoms with Gasteiger partial charge in [-0.3, -0.25) is 4.79 Å². The number of esters is 1. The minimum absolute atomic E-state index is 0.0692. The molecule has 1 aliphatic heterocycles. The number of carbonyl (C=O) groups is 2. The van der Waals surface area contributed by atoms with Gasteiger partial charge in [0, 0.05) is 18.7 Å². The number of para-hydroxylation sites is 1. The third kappa shape index (κ3) is 5.18. The number of rotatable bonds is 8. The van der Waals surface area contributed by atoms with Crippen LogP contribution in [0.4, 0.5) is 5.00 Å². The first kappa shape index (κ1) is 22.0. The summed E-state index contributed by atoms with van der Waals surface area (Å²) in [5, 5.41) is 1.05. The number of anilines is 1. The summed E-state index contributed by atoms with van der Waals surface area (Å²) in [5.74, 6) is 0.0450. The maximum Gasteiger partial charge on any atom is 0.348 e. The molecule has 4 rings (SSSR count). The molecule has 0 N–H and O–H groups in total. The Balaban J connectivity index is 1.43. The second kappa shape index (κ2) is 10.4. The highest BCUT2D eigenvalue weighted by Gasteiger charge is 2.22. The van der Waals surface area contributed by atoms with E-state index in [4.69, 9.17) is 14.2 Å². The van der Waals surface area contributed by atoms with Crippen LogP contribution in [0.3, 0.4) is 0 Å². The Morgan fingerprint density at radius 2 is 1.72 bits per heavy atom. The van der Waals surface area contributed by atoms with E-state index in [1.807, 2.05) is 36.4 Å². The molecule has 166 valence electrons. The van der Waals surface area contributed by atoms with Crippen LogP contribution in [0.1, 0.15) is 27.0 Å². The second-order valence-electron chi connectivity index (χ2n) is 7.33. The van der Waals surface area contributed by atoms with Gasteiger partial charge in [0.25, 0.3) is 0 Å². The van der Waals surface area contributed by atoms with Crippen molar-refractivity contribution in [2.45, 2.75) is 6.92 Å². The lowest BCUT2D eigenvalue weighted by atomic mass is 10.1. The van der Waals surface area contributed by atoms with E-state index in [0.29, 0.717) is 29.4 Å². The molecule has 0 radical (unpaired) electrons. The molecule has 2 aromatic carbocycles. The van der Waals surface area contributed by atoms with Crippen LogP contribution in [0.15, 0.2) is 60.7 Å². The Bertz CT molecular complexity index is 1070. The average Bonchev–Trinajstić information content (AvgIpc) is 3.29. The van der Waals surface area contributed by atoms with E-state index < -0.39 is 0 Å².